The molecule has 8 rings (SSSR count). The molecule has 66 heavy (non-hydrogen) atoms. The van der Waals surface area contributed by atoms with Crippen molar-refractivity contribution in [3.63, 3.8) is 0 Å². The Kier molecular flexibility index (Phi) is 16.6. The van der Waals surface area contributed by atoms with Gasteiger partial charge in [0.05, 0.1) is 0 Å². The van der Waals surface area contributed by atoms with Gasteiger partial charge in [0, 0.05) is 34.1 Å². The van der Waals surface area contributed by atoms with Gasteiger partial charge in [-0.05, 0) is 83.9 Å². The van der Waals surface area contributed by atoms with Crippen molar-refractivity contribution in [3.05, 3.63) is 169 Å². The summed E-state index contributed by atoms with van der Waals surface area (Å²) < 4.78 is 71.6. The summed E-state index contributed by atoms with van der Waals surface area (Å²) in [5.74, 6) is 0.775. The van der Waals surface area contributed by atoms with Crippen LogP contribution in [-0.2, 0) is 20.2 Å². The molecule has 22 heteroatoms. The molecule has 0 unspecified atom stereocenters. The van der Waals surface area contributed by atoms with E-state index in [1.54, 1.807) is 0 Å². The molecule has 0 bridgehead atoms. The Balaban J connectivity index is 0.00000360. The Morgan fingerprint density at radius 3 is 0.788 bits per heavy atom. The van der Waals surface area contributed by atoms with E-state index in [1.807, 2.05) is 121 Å². The summed E-state index contributed by atoms with van der Waals surface area (Å²) in [5.41, 5.74) is 3.18. The standard InChI is InChI=1S/C44H36N12O6S2.2Na.2H/c57-63(58,59)37-27-35(49-43-53-39(45-31-13-5-1-6-14-31)51-40(54-43)46-32-15-7-2-8-16-32)25-23-29(37)21-22-30-24-26-36(28-38(30)64(60,61)62)50-44-55-41(47-33-17-9-3-10-18-33)52-42(56-44)48-34-19-11-4-12-20-34;;;;/h1-28H,(H,57,58,59)(H,60,61,62)(H3,45,46,49,51,53,54)(H3,47,48,50,52,55,56);;;;. The molecule has 0 spiro atoms. The number of nitrogens with zero attached hydrogens (tertiary/aromatic N) is 6. The van der Waals surface area contributed by atoms with Crippen molar-refractivity contribution in [2.24, 2.45) is 0 Å². The number of rotatable bonds is 16. The molecule has 0 saturated carbocycles. The molecule has 0 aliphatic rings. The van der Waals surface area contributed by atoms with Gasteiger partial charge in [0.25, 0.3) is 20.2 Å². The van der Waals surface area contributed by atoms with Gasteiger partial charge in [0.15, 0.2) is 0 Å². The Hall–Kier alpha value is -6.30. The van der Waals surface area contributed by atoms with E-state index in [0.717, 1.165) is 0 Å². The van der Waals surface area contributed by atoms with E-state index in [4.69, 9.17) is 0 Å². The van der Waals surface area contributed by atoms with Gasteiger partial charge < -0.3 is 31.9 Å². The van der Waals surface area contributed by atoms with Crippen LogP contribution in [-0.4, -0.2) is 115 Å². The molecule has 6 aromatic carbocycles. The fourth-order valence-electron chi connectivity index (χ4n) is 6.07. The van der Waals surface area contributed by atoms with Gasteiger partial charge >= 0.3 is 59.1 Å². The molecule has 18 nitrogen and oxygen atoms in total. The van der Waals surface area contributed by atoms with Crippen LogP contribution in [0.5, 0.6) is 0 Å². The van der Waals surface area contributed by atoms with Crippen LogP contribution < -0.4 is 31.9 Å². The van der Waals surface area contributed by atoms with E-state index in [9.17, 15) is 25.9 Å². The van der Waals surface area contributed by atoms with Gasteiger partial charge in [-0.2, -0.15) is 46.7 Å². The Bertz CT molecular complexity index is 2850. The van der Waals surface area contributed by atoms with Gasteiger partial charge in [-0.3, -0.25) is 9.11 Å². The summed E-state index contributed by atoms with van der Waals surface area (Å²) in [4.78, 5) is 25.7. The topological polar surface area (TPSA) is 258 Å². The van der Waals surface area contributed by atoms with E-state index >= 15 is 0 Å². The zero-order valence-electron chi connectivity index (χ0n) is 33.2. The van der Waals surface area contributed by atoms with Crippen LogP contribution in [0, 0.1) is 0 Å². The van der Waals surface area contributed by atoms with Crippen LogP contribution in [0.2, 0.25) is 0 Å². The molecular formula is C44H38N12Na2O6S2. The second-order valence-electron chi connectivity index (χ2n) is 13.6. The summed E-state index contributed by atoms with van der Waals surface area (Å²) in [6.07, 6.45) is 2.57. The van der Waals surface area contributed by atoms with E-state index < -0.39 is 30.0 Å². The van der Waals surface area contributed by atoms with E-state index in [1.165, 1.54) is 48.6 Å². The summed E-state index contributed by atoms with van der Waals surface area (Å²) in [6.45, 7) is 0. The zero-order valence-corrected chi connectivity index (χ0v) is 34.8. The molecule has 0 aliphatic carbocycles. The molecule has 0 fully saturated rings. The molecule has 0 amide bonds. The summed E-state index contributed by atoms with van der Waals surface area (Å²) in [7, 11) is -9.71. The number of hydrogen-bond acceptors (Lipinski definition) is 16. The number of aromatic nitrogens is 6. The van der Waals surface area contributed by atoms with Crippen molar-refractivity contribution >= 4 is 161 Å². The second kappa shape index (κ2) is 22.3. The third kappa shape index (κ3) is 13.6. The molecule has 8 aromatic rings. The fraction of sp³-hybridized carbons (Fsp3) is 0. The van der Waals surface area contributed by atoms with Crippen molar-refractivity contribution in [1.29, 1.82) is 0 Å². The molecule has 2 heterocycles. The average Bonchev–Trinajstić information content (AvgIpc) is 3.27. The van der Waals surface area contributed by atoms with Crippen LogP contribution in [0.15, 0.2) is 168 Å². The van der Waals surface area contributed by atoms with Gasteiger partial charge in [0.1, 0.15) is 9.79 Å². The fourth-order valence-corrected chi connectivity index (χ4v) is 7.49. The SMILES string of the molecule is O=S(=O)(O)c1cc(Nc2nc(Nc3ccccc3)nc(Nc3ccccc3)n2)ccc1C=Cc1ccc(Nc2nc(Nc3ccccc3)nc(Nc3ccccc3)n2)cc1S(=O)(=O)O.[NaH].[NaH]. The first-order valence-electron chi connectivity index (χ1n) is 19.2. The van der Waals surface area contributed by atoms with E-state index in [-0.39, 0.29) is 117 Å². The summed E-state index contributed by atoms with van der Waals surface area (Å²) in [5, 5.41) is 18.4. The first-order valence-corrected chi connectivity index (χ1v) is 22.0. The minimum atomic E-state index is -4.85. The van der Waals surface area contributed by atoms with Crippen molar-refractivity contribution in [3.8, 4) is 0 Å². The second-order valence-corrected chi connectivity index (χ2v) is 16.4. The Morgan fingerprint density at radius 1 is 0.333 bits per heavy atom. The molecule has 0 radical (unpaired) electrons. The average molecular weight is 941 g/mol. The van der Waals surface area contributed by atoms with E-state index in [0.29, 0.717) is 22.7 Å². The maximum absolute atomic E-state index is 12.7. The molecule has 0 atom stereocenters. The number of hydrogen-bond donors (Lipinski definition) is 8. The van der Waals surface area contributed by atoms with Crippen LogP contribution >= 0.6 is 0 Å². The van der Waals surface area contributed by atoms with Gasteiger partial charge in [-0.1, -0.05) is 97.1 Å². The number of para-hydroxylation sites is 4. The third-order valence-corrected chi connectivity index (χ3v) is 10.7. The van der Waals surface area contributed by atoms with Crippen LogP contribution in [0.3, 0.4) is 0 Å². The predicted molar refractivity (Wildman–Crippen MR) is 261 cm³/mol. The van der Waals surface area contributed by atoms with Crippen LogP contribution in [0.1, 0.15) is 11.1 Å². The zero-order chi connectivity index (χ0) is 44.5. The molecule has 2 aromatic heterocycles. The Labute approximate surface area is 424 Å². The number of benzene rings is 6. The minimum absolute atomic E-state index is 0. The van der Waals surface area contributed by atoms with Crippen LogP contribution in [0.4, 0.5) is 69.8 Å². The molecule has 324 valence electrons. The monoisotopic (exact) mass is 940 g/mol. The summed E-state index contributed by atoms with van der Waals surface area (Å²) >= 11 is 0. The number of anilines is 12. The van der Waals surface area contributed by atoms with Crippen molar-refractivity contribution in [1.82, 2.24) is 29.9 Å². The predicted octanol–water partition coefficient (Wildman–Crippen LogP) is 7.89. The molecule has 0 aliphatic heterocycles. The van der Waals surface area contributed by atoms with Crippen molar-refractivity contribution in [2.75, 3.05) is 31.9 Å². The van der Waals surface area contributed by atoms with E-state index in [2.05, 4.69) is 61.8 Å². The maximum atomic E-state index is 12.7. The van der Waals surface area contributed by atoms with Crippen molar-refractivity contribution in [2.45, 2.75) is 9.79 Å². The van der Waals surface area contributed by atoms with Crippen LogP contribution in [0.25, 0.3) is 12.2 Å². The van der Waals surface area contributed by atoms with Gasteiger partial charge in [-0.15, -0.1) is 0 Å². The summed E-state index contributed by atoms with van der Waals surface area (Å²) in [6, 6.07) is 45.0. The Morgan fingerprint density at radius 2 is 0.561 bits per heavy atom. The normalized spacial score (nSPS) is 11.1. The van der Waals surface area contributed by atoms with Gasteiger partial charge in [-0.25, -0.2) is 0 Å². The molecular weight excluding hydrogens is 903 g/mol. The molecule has 0 saturated heterocycles. The first-order chi connectivity index (χ1) is 30.9. The molecule has 8 N–H and O–H groups in total. The third-order valence-electron chi connectivity index (χ3n) is 8.93. The first kappa shape index (κ1) is 49.1. The van der Waals surface area contributed by atoms with Crippen molar-refractivity contribution < 1.29 is 25.9 Å². The number of nitrogens with one attached hydrogen (secondary N) is 6. The quantitative estimate of drug-likeness (QED) is 0.0260. The van der Waals surface area contributed by atoms with Gasteiger partial charge in [0.2, 0.25) is 35.7 Å².